The Hall–Kier alpha value is -1.21. The smallest absolute Gasteiger partial charge is 0.237 e. The van der Waals surface area contributed by atoms with Gasteiger partial charge in [0, 0.05) is 25.7 Å². The van der Waals surface area contributed by atoms with Gasteiger partial charge in [-0.2, -0.15) is 0 Å². The third-order valence-electron chi connectivity index (χ3n) is 4.35. The average molecular weight is 336 g/mol. The Kier molecular flexibility index (Phi) is 5.16. The summed E-state index contributed by atoms with van der Waals surface area (Å²) in [6, 6.07) is 7.86. The topological polar surface area (TPSA) is 58.6 Å². The van der Waals surface area contributed by atoms with E-state index in [1.807, 2.05) is 31.2 Å². The van der Waals surface area contributed by atoms with Gasteiger partial charge < -0.3 is 4.74 Å². The monoisotopic (exact) mass is 336 g/mol. The van der Waals surface area contributed by atoms with Crippen molar-refractivity contribution in [2.45, 2.75) is 25.8 Å². The van der Waals surface area contributed by atoms with E-state index in [9.17, 15) is 8.42 Å². The molecule has 0 spiro atoms. The van der Waals surface area contributed by atoms with Crippen molar-refractivity contribution in [2.24, 2.45) is 0 Å². The number of sulfonamides is 1. The number of hydrogen-bond donors (Lipinski definition) is 1. The van der Waals surface area contributed by atoms with Gasteiger partial charge in [0.15, 0.2) is 0 Å². The number of morpholine rings is 1. The zero-order valence-corrected chi connectivity index (χ0v) is 14.3. The van der Waals surface area contributed by atoms with Gasteiger partial charge in [0.25, 0.3) is 0 Å². The van der Waals surface area contributed by atoms with Crippen molar-refractivity contribution in [3.63, 3.8) is 0 Å². The maximum Gasteiger partial charge on any atom is 0.237 e. The fourth-order valence-corrected chi connectivity index (χ4v) is 4.58. The van der Waals surface area contributed by atoms with Gasteiger partial charge in [0.05, 0.1) is 18.1 Å². The second-order valence-electron chi connectivity index (χ2n) is 6.24. The van der Waals surface area contributed by atoms with Crippen molar-refractivity contribution >= 4 is 16.1 Å². The molecule has 3 rings (SSSR count). The number of fused-ring (bicyclic) bond motifs is 1. The van der Waals surface area contributed by atoms with E-state index in [1.165, 1.54) is 5.56 Å². The highest BCUT2D eigenvalue weighted by molar-refractivity contribution is 7.93. The molecule has 0 bridgehead atoms. The standard InChI is InChI=1S/C17H24N2O3S/c1-14(13-19-8-10-22-11-9-19)18-23(20,21)17-7-6-15-4-2-3-5-16(15)12-17/h2-5,12,14,18H,6-11,13H2,1H3/t14-/m0/s1. The highest BCUT2D eigenvalue weighted by Crippen LogP contribution is 2.26. The zero-order valence-electron chi connectivity index (χ0n) is 13.5. The van der Waals surface area contributed by atoms with E-state index in [2.05, 4.69) is 15.7 Å². The lowest BCUT2D eigenvalue weighted by atomic mass is 9.98. The molecule has 23 heavy (non-hydrogen) atoms. The minimum atomic E-state index is -3.42. The van der Waals surface area contributed by atoms with Crippen molar-refractivity contribution in [3.05, 3.63) is 40.3 Å². The highest BCUT2D eigenvalue weighted by atomic mass is 32.2. The summed E-state index contributed by atoms with van der Waals surface area (Å²) >= 11 is 0. The van der Waals surface area contributed by atoms with E-state index in [1.54, 1.807) is 0 Å². The summed E-state index contributed by atoms with van der Waals surface area (Å²) in [5, 5.41) is 0. The zero-order chi connectivity index (χ0) is 16.3. The fraction of sp³-hybridized carbons (Fsp3) is 0.529. The van der Waals surface area contributed by atoms with Crippen molar-refractivity contribution in [3.8, 4) is 0 Å². The Labute approximate surface area is 138 Å². The summed E-state index contributed by atoms with van der Waals surface area (Å²) < 4.78 is 33.4. The molecule has 0 radical (unpaired) electrons. The molecule has 1 aliphatic heterocycles. The third kappa shape index (κ3) is 4.20. The lowest BCUT2D eigenvalue weighted by molar-refractivity contribution is 0.0354. The van der Waals surface area contributed by atoms with E-state index < -0.39 is 10.0 Å². The Morgan fingerprint density at radius 2 is 1.96 bits per heavy atom. The summed E-state index contributed by atoms with van der Waals surface area (Å²) in [5.41, 5.74) is 2.23. The van der Waals surface area contributed by atoms with Gasteiger partial charge in [-0.15, -0.1) is 0 Å². The van der Waals surface area contributed by atoms with Crippen LogP contribution >= 0.6 is 0 Å². The largest absolute Gasteiger partial charge is 0.379 e. The van der Waals surface area contributed by atoms with Gasteiger partial charge >= 0.3 is 0 Å². The normalized spacial score (nSPS) is 20.7. The molecular formula is C17H24N2O3S. The van der Waals surface area contributed by atoms with E-state index in [0.29, 0.717) is 17.9 Å². The molecular weight excluding hydrogens is 312 g/mol. The van der Waals surface area contributed by atoms with Crippen molar-refractivity contribution in [2.75, 3.05) is 32.8 Å². The molecule has 0 unspecified atom stereocenters. The van der Waals surface area contributed by atoms with Gasteiger partial charge in [0.1, 0.15) is 0 Å². The molecule has 0 aromatic heterocycles. The minimum absolute atomic E-state index is 0.115. The molecule has 1 N–H and O–H groups in total. The van der Waals surface area contributed by atoms with Crippen molar-refractivity contribution in [1.29, 1.82) is 0 Å². The van der Waals surface area contributed by atoms with Crippen molar-refractivity contribution in [1.82, 2.24) is 9.62 Å². The maximum absolute atomic E-state index is 12.6. The summed E-state index contributed by atoms with van der Waals surface area (Å²) in [6.07, 6.45) is 3.15. The predicted octanol–water partition coefficient (Wildman–Crippen LogP) is 1.61. The van der Waals surface area contributed by atoms with Gasteiger partial charge in [-0.3, -0.25) is 4.90 Å². The van der Waals surface area contributed by atoms with Crippen LogP contribution in [0, 0.1) is 0 Å². The van der Waals surface area contributed by atoms with Gasteiger partial charge in [-0.1, -0.05) is 24.3 Å². The Balaban J connectivity index is 1.66. The van der Waals surface area contributed by atoms with Crippen LogP contribution in [0.3, 0.4) is 0 Å². The number of ether oxygens (including phenoxy) is 1. The van der Waals surface area contributed by atoms with Crippen LogP contribution in [0.15, 0.2) is 29.2 Å². The Morgan fingerprint density at radius 3 is 2.74 bits per heavy atom. The van der Waals surface area contributed by atoms with Crippen LogP contribution in [-0.4, -0.2) is 52.2 Å². The molecule has 1 heterocycles. The van der Waals surface area contributed by atoms with Gasteiger partial charge in [-0.25, -0.2) is 13.1 Å². The van der Waals surface area contributed by atoms with Crippen LogP contribution in [0.5, 0.6) is 0 Å². The first-order chi connectivity index (χ1) is 11.0. The molecule has 1 saturated heterocycles. The number of benzene rings is 1. The van der Waals surface area contributed by atoms with E-state index >= 15 is 0 Å². The summed E-state index contributed by atoms with van der Waals surface area (Å²) in [7, 11) is -3.42. The SMILES string of the molecule is C[C@@H](CN1CCOCC1)NS(=O)(=O)C1=Cc2ccccc2CC1. The average Bonchev–Trinajstić information content (AvgIpc) is 2.54. The second kappa shape index (κ2) is 7.13. The summed E-state index contributed by atoms with van der Waals surface area (Å²) in [6.45, 7) is 5.81. The number of rotatable bonds is 5. The number of allylic oxidation sites excluding steroid dienone is 1. The molecule has 1 aliphatic carbocycles. The lowest BCUT2D eigenvalue weighted by Crippen LogP contribution is -2.46. The quantitative estimate of drug-likeness (QED) is 0.888. The number of aryl methyl sites for hydroxylation is 1. The summed E-state index contributed by atoms with van der Waals surface area (Å²) in [4.78, 5) is 2.73. The van der Waals surface area contributed by atoms with Gasteiger partial charge in [0.2, 0.25) is 10.0 Å². The van der Waals surface area contributed by atoms with Crippen molar-refractivity contribution < 1.29 is 13.2 Å². The third-order valence-corrected chi connectivity index (χ3v) is 6.07. The molecule has 2 aliphatic rings. The Morgan fingerprint density at radius 1 is 1.22 bits per heavy atom. The number of nitrogens with zero attached hydrogens (tertiary/aromatic N) is 1. The summed E-state index contributed by atoms with van der Waals surface area (Å²) in [5.74, 6) is 0. The molecule has 5 nitrogen and oxygen atoms in total. The van der Waals surface area contributed by atoms with Crippen LogP contribution in [0.25, 0.3) is 6.08 Å². The van der Waals surface area contributed by atoms with Crippen LogP contribution in [0.2, 0.25) is 0 Å². The lowest BCUT2D eigenvalue weighted by Gasteiger charge is -2.29. The molecule has 126 valence electrons. The first-order valence-electron chi connectivity index (χ1n) is 8.15. The highest BCUT2D eigenvalue weighted by Gasteiger charge is 2.24. The minimum Gasteiger partial charge on any atom is -0.379 e. The first kappa shape index (κ1) is 16.6. The van der Waals surface area contributed by atoms with Crippen LogP contribution in [0.4, 0.5) is 0 Å². The van der Waals surface area contributed by atoms with Crippen LogP contribution in [-0.2, 0) is 21.2 Å². The molecule has 0 amide bonds. The predicted molar refractivity (Wildman–Crippen MR) is 91.5 cm³/mol. The van der Waals surface area contributed by atoms with Crippen LogP contribution in [0.1, 0.15) is 24.5 Å². The molecule has 6 heteroatoms. The van der Waals surface area contributed by atoms with Gasteiger partial charge in [-0.05, 0) is 37.0 Å². The van der Waals surface area contributed by atoms with E-state index in [4.69, 9.17) is 4.74 Å². The molecule has 1 aromatic rings. The molecule has 1 aromatic carbocycles. The second-order valence-corrected chi connectivity index (χ2v) is 8.01. The van der Waals surface area contributed by atoms with Crippen LogP contribution < -0.4 is 4.72 Å². The molecule has 1 fully saturated rings. The number of nitrogens with one attached hydrogen (secondary N) is 1. The maximum atomic E-state index is 12.6. The Bertz CT molecular complexity index is 679. The fourth-order valence-electron chi connectivity index (χ4n) is 3.17. The number of hydrogen-bond acceptors (Lipinski definition) is 4. The molecule has 0 saturated carbocycles. The molecule has 1 atom stereocenters. The first-order valence-corrected chi connectivity index (χ1v) is 9.64. The van der Waals surface area contributed by atoms with E-state index in [0.717, 1.165) is 38.3 Å². The van der Waals surface area contributed by atoms with E-state index in [-0.39, 0.29) is 6.04 Å².